The molecule has 0 aliphatic carbocycles. The van der Waals surface area contributed by atoms with Gasteiger partial charge in [-0.25, -0.2) is 4.98 Å². The van der Waals surface area contributed by atoms with Crippen molar-refractivity contribution in [2.75, 3.05) is 12.3 Å². The molecule has 0 bridgehead atoms. The molecule has 6 nitrogen and oxygen atoms in total. The molecule has 0 spiro atoms. The summed E-state index contributed by atoms with van der Waals surface area (Å²) in [7, 11) is 0. The van der Waals surface area contributed by atoms with Crippen LogP contribution in [0.3, 0.4) is 0 Å². The van der Waals surface area contributed by atoms with Gasteiger partial charge in [-0.1, -0.05) is 23.9 Å². The highest BCUT2D eigenvalue weighted by atomic mass is 32.2. The first-order valence-corrected chi connectivity index (χ1v) is 8.40. The van der Waals surface area contributed by atoms with E-state index >= 15 is 0 Å². The second kappa shape index (κ2) is 7.70. The zero-order valence-corrected chi connectivity index (χ0v) is 13.7. The van der Waals surface area contributed by atoms with Crippen molar-refractivity contribution >= 4 is 28.8 Å². The van der Waals surface area contributed by atoms with Gasteiger partial charge in [-0.05, 0) is 24.3 Å². The molecule has 24 heavy (non-hydrogen) atoms. The summed E-state index contributed by atoms with van der Waals surface area (Å²) in [6.07, 6.45) is 1.84. The van der Waals surface area contributed by atoms with Gasteiger partial charge >= 0.3 is 0 Å². The van der Waals surface area contributed by atoms with E-state index in [0.29, 0.717) is 29.7 Å². The minimum Gasteiger partial charge on any atom is -0.467 e. The van der Waals surface area contributed by atoms with Gasteiger partial charge < -0.3 is 13.7 Å². The van der Waals surface area contributed by atoms with Gasteiger partial charge in [-0.3, -0.25) is 4.79 Å². The molecule has 7 heteroatoms. The van der Waals surface area contributed by atoms with Gasteiger partial charge in [-0.15, -0.1) is 0 Å². The third-order valence-electron chi connectivity index (χ3n) is 3.37. The Balaban J connectivity index is 1.62. The fourth-order valence-electron chi connectivity index (χ4n) is 2.20. The third kappa shape index (κ3) is 3.97. The van der Waals surface area contributed by atoms with E-state index in [1.165, 1.54) is 11.8 Å². The molecule has 3 rings (SSSR count). The lowest BCUT2D eigenvalue weighted by Crippen LogP contribution is -2.32. The molecule has 0 N–H and O–H groups in total. The Hall–Kier alpha value is -2.72. The second-order valence-corrected chi connectivity index (χ2v) is 5.97. The summed E-state index contributed by atoms with van der Waals surface area (Å²) in [6, 6.07) is 13.1. The Labute approximate surface area is 143 Å². The van der Waals surface area contributed by atoms with Crippen LogP contribution in [0.4, 0.5) is 0 Å². The molecular weight excluding hydrogens is 326 g/mol. The Morgan fingerprint density at radius 1 is 1.29 bits per heavy atom. The van der Waals surface area contributed by atoms with Crippen LogP contribution in [0.2, 0.25) is 0 Å². The zero-order valence-electron chi connectivity index (χ0n) is 12.8. The molecule has 0 radical (unpaired) electrons. The molecule has 2 aromatic heterocycles. The van der Waals surface area contributed by atoms with Gasteiger partial charge in [0.15, 0.2) is 5.58 Å². The standard InChI is InChI=1S/C17H15N3O3S/c18-8-4-9-20(11-13-5-3-10-22-13)16(21)12-24-17-19-14-6-1-2-7-15(14)23-17/h1-3,5-7,10H,4,9,11-12H2. The summed E-state index contributed by atoms with van der Waals surface area (Å²) in [5, 5.41) is 9.23. The summed E-state index contributed by atoms with van der Waals surface area (Å²) in [4.78, 5) is 18.4. The minimum absolute atomic E-state index is 0.0890. The van der Waals surface area contributed by atoms with Crippen molar-refractivity contribution in [3.05, 3.63) is 48.4 Å². The Morgan fingerprint density at radius 2 is 2.17 bits per heavy atom. The van der Waals surface area contributed by atoms with E-state index in [9.17, 15) is 4.79 Å². The lowest BCUT2D eigenvalue weighted by atomic mass is 10.3. The molecule has 2 heterocycles. The van der Waals surface area contributed by atoms with Gasteiger partial charge in [0.25, 0.3) is 5.22 Å². The van der Waals surface area contributed by atoms with Gasteiger partial charge in [-0.2, -0.15) is 5.26 Å². The topological polar surface area (TPSA) is 83.3 Å². The number of rotatable bonds is 7. The number of amides is 1. The number of nitriles is 1. The number of para-hydroxylation sites is 2. The van der Waals surface area contributed by atoms with Gasteiger partial charge in [0.05, 0.1) is 31.1 Å². The Kier molecular flexibility index (Phi) is 5.18. The maximum atomic E-state index is 12.4. The van der Waals surface area contributed by atoms with Crippen LogP contribution in [0.25, 0.3) is 11.1 Å². The first kappa shape index (κ1) is 16.1. The van der Waals surface area contributed by atoms with Crippen LogP contribution in [0.5, 0.6) is 0 Å². The summed E-state index contributed by atoms with van der Waals surface area (Å²) in [5.74, 6) is 0.793. The average Bonchev–Trinajstić information content (AvgIpc) is 3.25. The molecule has 0 aliphatic heterocycles. The third-order valence-corrected chi connectivity index (χ3v) is 4.18. The highest BCUT2D eigenvalue weighted by Crippen LogP contribution is 2.23. The summed E-state index contributed by atoms with van der Waals surface area (Å²) >= 11 is 1.25. The second-order valence-electron chi connectivity index (χ2n) is 5.04. The quantitative estimate of drug-likeness (QED) is 0.612. The number of oxazole rings is 1. The highest BCUT2D eigenvalue weighted by molar-refractivity contribution is 7.99. The molecule has 0 aliphatic rings. The van der Waals surface area contributed by atoms with Crippen LogP contribution in [0.1, 0.15) is 12.2 Å². The molecular formula is C17H15N3O3S. The molecule has 3 aromatic rings. The number of hydrogen-bond acceptors (Lipinski definition) is 6. The smallest absolute Gasteiger partial charge is 0.257 e. The van der Waals surface area contributed by atoms with E-state index in [0.717, 1.165) is 5.52 Å². The lowest BCUT2D eigenvalue weighted by Gasteiger charge is -2.19. The van der Waals surface area contributed by atoms with Crippen molar-refractivity contribution < 1.29 is 13.6 Å². The first-order chi connectivity index (χ1) is 11.8. The van der Waals surface area contributed by atoms with E-state index in [2.05, 4.69) is 11.1 Å². The lowest BCUT2D eigenvalue weighted by molar-refractivity contribution is -0.129. The molecule has 122 valence electrons. The molecule has 0 saturated carbocycles. The van der Waals surface area contributed by atoms with E-state index < -0.39 is 0 Å². The van der Waals surface area contributed by atoms with Crippen LogP contribution >= 0.6 is 11.8 Å². The van der Waals surface area contributed by atoms with Crippen LogP contribution in [0, 0.1) is 11.3 Å². The zero-order chi connectivity index (χ0) is 16.8. The van der Waals surface area contributed by atoms with Gasteiger partial charge in [0, 0.05) is 6.54 Å². The number of thioether (sulfide) groups is 1. The summed E-state index contributed by atoms with van der Waals surface area (Å²) in [6.45, 7) is 0.714. The normalized spacial score (nSPS) is 10.6. The first-order valence-electron chi connectivity index (χ1n) is 7.42. The SMILES string of the molecule is N#CCCN(Cc1ccco1)C(=O)CSc1nc2ccccc2o1. The van der Waals surface area contributed by atoms with E-state index in [4.69, 9.17) is 14.1 Å². The van der Waals surface area contributed by atoms with Gasteiger partial charge in [0.1, 0.15) is 11.3 Å². The van der Waals surface area contributed by atoms with Crippen LogP contribution in [-0.4, -0.2) is 28.1 Å². The Bertz CT molecular complexity index is 818. The monoisotopic (exact) mass is 341 g/mol. The predicted octanol–water partition coefficient (Wildman–Crippen LogP) is 3.46. The number of carbonyl (C=O) groups is 1. The molecule has 0 fully saturated rings. The molecule has 0 atom stereocenters. The predicted molar refractivity (Wildman–Crippen MR) is 89.1 cm³/mol. The van der Waals surface area contributed by atoms with Gasteiger partial charge in [0.2, 0.25) is 5.91 Å². The summed E-state index contributed by atoms with van der Waals surface area (Å²) < 4.78 is 10.9. The number of aromatic nitrogens is 1. The van der Waals surface area contributed by atoms with E-state index in [1.54, 1.807) is 23.3 Å². The Morgan fingerprint density at radius 3 is 2.92 bits per heavy atom. The average molecular weight is 341 g/mol. The largest absolute Gasteiger partial charge is 0.467 e. The number of carbonyl (C=O) groups excluding carboxylic acids is 1. The van der Waals surface area contributed by atoms with E-state index in [1.807, 2.05) is 24.3 Å². The van der Waals surface area contributed by atoms with Crippen molar-refractivity contribution in [1.29, 1.82) is 5.26 Å². The fourth-order valence-corrected chi connectivity index (χ4v) is 2.94. The number of fused-ring (bicyclic) bond motifs is 1. The van der Waals surface area contributed by atoms with Crippen LogP contribution < -0.4 is 0 Å². The van der Waals surface area contributed by atoms with Crippen LogP contribution in [-0.2, 0) is 11.3 Å². The number of hydrogen-bond donors (Lipinski definition) is 0. The molecule has 1 aromatic carbocycles. The maximum absolute atomic E-state index is 12.4. The van der Waals surface area contributed by atoms with Crippen LogP contribution in [0.15, 0.2) is 56.7 Å². The van der Waals surface area contributed by atoms with Crippen molar-refractivity contribution in [1.82, 2.24) is 9.88 Å². The van der Waals surface area contributed by atoms with Crippen molar-refractivity contribution in [3.63, 3.8) is 0 Å². The van der Waals surface area contributed by atoms with Crippen molar-refractivity contribution in [3.8, 4) is 6.07 Å². The molecule has 0 saturated heterocycles. The molecule has 0 unspecified atom stereocenters. The van der Waals surface area contributed by atoms with E-state index in [-0.39, 0.29) is 18.1 Å². The minimum atomic E-state index is -0.0890. The fraction of sp³-hybridized carbons (Fsp3) is 0.235. The maximum Gasteiger partial charge on any atom is 0.257 e. The number of nitrogens with zero attached hydrogens (tertiary/aromatic N) is 3. The number of furan rings is 1. The molecule has 1 amide bonds. The van der Waals surface area contributed by atoms with Crippen molar-refractivity contribution in [2.45, 2.75) is 18.2 Å². The van der Waals surface area contributed by atoms with Crippen molar-refractivity contribution in [2.24, 2.45) is 0 Å². The highest BCUT2D eigenvalue weighted by Gasteiger charge is 2.17. The summed E-state index contributed by atoms with van der Waals surface area (Å²) in [5.41, 5.74) is 1.47. The number of benzene rings is 1.